The van der Waals surface area contributed by atoms with E-state index in [0.29, 0.717) is 11.1 Å². The molecule has 3 N–H and O–H groups in total. The number of halogens is 2. The Kier molecular flexibility index (Phi) is 17.5. The molecule has 6 amide bonds. The Bertz CT molecular complexity index is 2180. The van der Waals surface area contributed by atoms with Crippen LogP contribution in [0, 0.1) is 11.6 Å². The molecule has 0 bridgehead atoms. The number of carboxylic acids is 1. The third-order valence-corrected chi connectivity index (χ3v) is 10.4. The average Bonchev–Trinajstić information content (AvgIpc) is 4.00. The lowest BCUT2D eigenvalue weighted by atomic mass is 10.1. The Morgan fingerprint density at radius 3 is 1.77 bits per heavy atom. The number of carbonyl (C=O) groups excluding carboxylic acids is 7. The van der Waals surface area contributed by atoms with E-state index in [4.69, 9.17) is 33.5 Å². The van der Waals surface area contributed by atoms with Gasteiger partial charge >= 0.3 is 11.9 Å². The molecule has 0 aliphatic carbocycles. The highest BCUT2D eigenvalue weighted by Gasteiger charge is 2.32. The Morgan fingerprint density at radius 2 is 1.25 bits per heavy atom. The molecule has 1 atom stereocenters. The Hall–Kier alpha value is -6.84. The number of hydrogen-bond donors (Lipinski definition) is 3. The molecule has 3 aliphatic heterocycles. The first-order valence-electron chi connectivity index (χ1n) is 20.7. The van der Waals surface area contributed by atoms with Crippen molar-refractivity contribution >= 4 is 47.4 Å². The van der Waals surface area contributed by atoms with Gasteiger partial charge in [-0.2, -0.15) is 0 Å². The van der Waals surface area contributed by atoms with Gasteiger partial charge in [-0.15, -0.1) is 0 Å². The minimum absolute atomic E-state index is 0.00220. The smallest absolute Gasteiger partial charge is 0.306 e. The van der Waals surface area contributed by atoms with E-state index in [-0.39, 0.29) is 144 Å². The fourth-order valence-electron chi connectivity index (χ4n) is 6.98. The van der Waals surface area contributed by atoms with E-state index < -0.39 is 65.8 Å². The molecule has 3 aliphatic rings. The molecule has 65 heavy (non-hydrogen) atoms. The molecule has 0 saturated carbocycles. The highest BCUT2D eigenvalue weighted by atomic mass is 19.1. The van der Waals surface area contributed by atoms with Crippen molar-refractivity contribution in [1.29, 1.82) is 0 Å². The summed E-state index contributed by atoms with van der Waals surface area (Å²) in [6.45, 7) is 1.29. The van der Waals surface area contributed by atoms with Crippen LogP contribution in [0.3, 0.4) is 0 Å². The maximum absolute atomic E-state index is 15.9. The molecule has 20 nitrogen and oxygen atoms in total. The van der Waals surface area contributed by atoms with Gasteiger partial charge in [-0.3, -0.25) is 43.3 Å². The van der Waals surface area contributed by atoms with Gasteiger partial charge in [0.05, 0.1) is 60.0 Å². The molecule has 3 heterocycles. The molecule has 5 rings (SSSR count). The number of nitrogens with one attached hydrogen (secondary N) is 2. The topological polar surface area (TPSA) is 246 Å². The number of nitrogens with zero attached hydrogens (tertiary/aromatic N) is 3. The predicted octanol–water partition coefficient (Wildman–Crippen LogP) is 1.66. The number of esters is 1. The average molecular weight is 916 g/mol. The van der Waals surface area contributed by atoms with E-state index in [1.165, 1.54) is 24.0 Å². The monoisotopic (exact) mass is 915 g/mol. The minimum Gasteiger partial charge on any atom is -0.493 e. The van der Waals surface area contributed by atoms with Gasteiger partial charge in [0.15, 0.2) is 34.6 Å². The Balaban J connectivity index is 0.980. The molecule has 0 unspecified atom stereocenters. The molecule has 0 aromatic heterocycles. The number of methoxy groups -OCH3 is 2. The predicted molar refractivity (Wildman–Crippen MR) is 219 cm³/mol. The fraction of sp³-hybridized carbons (Fsp3) is 0.488. The molecule has 0 fully saturated rings. The van der Waals surface area contributed by atoms with Crippen molar-refractivity contribution in [2.24, 2.45) is 0 Å². The summed E-state index contributed by atoms with van der Waals surface area (Å²) in [4.78, 5) is 99.6. The zero-order valence-corrected chi connectivity index (χ0v) is 36.2. The van der Waals surface area contributed by atoms with Crippen molar-refractivity contribution in [2.75, 3.05) is 60.3 Å². The number of carbonyl (C=O) groups is 8. The molecule has 0 radical (unpaired) electrons. The van der Waals surface area contributed by atoms with Crippen molar-refractivity contribution in [1.82, 2.24) is 25.3 Å². The molecule has 2 aromatic rings. The van der Waals surface area contributed by atoms with Gasteiger partial charge in [0.1, 0.15) is 12.6 Å². The normalized spacial score (nSPS) is 14.2. The lowest BCUT2D eigenvalue weighted by molar-refractivity contribution is -0.150. The molecule has 352 valence electrons. The van der Waals surface area contributed by atoms with Gasteiger partial charge < -0.3 is 54.0 Å². The number of rotatable bonds is 25. The lowest BCUT2D eigenvalue weighted by Gasteiger charge is -2.17. The second-order valence-corrected chi connectivity index (χ2v) is 15.1. The van der Waals surface area contributed by atoms with E-state index in [2.05, 4.69) is 10.6 Å². The SMILES string of the molecule is COc1cc2c(c(F)c1OCCCOc1c(OC)cc3c(c1F)CN(C(=O)CCC(=O)O[C@@H](C)CNC(=O)CCOCCNC(=O)CN1C(=O)C=CC1=O)C3)CN(C(=O)CCC(=O)O)C2. The van der Waals surface area contributed by atoms with E-state index in [1.807, 2.05) is 0 Å². The summed E-state index contributed by atoms with van der Waals surface area (Å²) >= 11 is 0. The molecule has 22 heteroatoms. The number of benzene rings is 2. The summed E-state index contributed by atoms with van der Waals surface area (Å²) < 4.78 is 64.3. The third kappa shape index (κ3) is 13.3. The van der Waals surface area contributed by atoms with Gasteiger partial charge in [0.25, 0.3) is 11.8 Å². The molecule has 2 aromatic carbocycles. The first-order valence-corrected chi connectivity index (χ1v) is 20.7. The van der Waals surface area contributed by atoms with Crippen LogP contribution in [0.1, 0.15) is 67.7 Å². The molecule has 0 spiro atoms. The lowest BCUT2D eigenvalue weighted by Crippen LogP contribution is -2.41. The summed E-state index contributed by atoms with van der Waals surface area (Å²) in [5.41, 5.74) is 1.47. The summed E-state index contributed by atoms with van der Waals surface area (Å²) in [5, 5.41) is 14.0. The zero-order chi connectivity index (χ0) is 47.2. The first kappa shape index (κ1) is 49.2. The van der Waals surface area contributed by atoms with Crippen LogP contribution < -0.4 is 29.6 Å². The number of hydrogen-bond acceptors (Lipinski definition) is 14. The maximum Gasteiger partial charge on any atom is 0.306 e. The highest BCUT2D eigenvalue weighted by Crippen LogP contribution is 2.40. The van der Waals surface area contributed by atoms with Crippen LogP contribution in [0.5, 0.6) is 23.0 Å². The Morgan fingerprint density at radius 1 is 0.708 bits per heavy atom. The van der Waals surface area contributed by atoms with Crippen LogP contribution in [0.4, 0.5) is 8.78 Å². The van der Waals surface area contributed by atoms with Gasteiger partial charge in [0.2, 0.25) is 23.6 Å². The number of amides is 6. The summed E-state index contributed by atoms with van der Waals surface area (Å²) in [6.07, 6.45) is 0.593. The summed E-state index contributed by atoms with van der Waals surface area (Å²) in [6, 6.07) is 3.14. The van der Waals surface area contributed by atoms with Crippen LogP contribution >= 0.6 is 0 Å². The van der Waals surface area contributed by atoms with E-state index in [1.54, 1.807) is 19.1 Å². The number of aliphatic carboxylic acids is 1. The van der Waals surface area contributed by atoms with Crippen LogP contribution in [0.15, 0.2) is 24.3 Å². The maximum atomic E-state index is 15.9. The number of imide groups is 1. The summed E-state index contributed by atoms with van der Waals surface area (Å²) in [5.74, 6) is -6.25. The summed E-state index contributed by atoms with van der Waals surface area (Å²) in [7, 11) is 2.68. The zero-order valence-electron chi connectivity index (χ0n) is 36.2. The van der Waals surface area contributed by atoms with Gasteiger partial charge in [0, 0.05) is 81.7 Å². The van der Waals surface area contributed by atoms with Crippen molar-refractivity contribution < 1.29 is 80.7 Å². The fourth-order valence-corrected chi connectivity index (χ4v) is 6.98. The second kappa shape index (κ2) is 23.2. The quantitative estimate of drug-likeness (QED) is 0.0729. The van der Waals surface area contributed by atoms with Crippen molar-refractivity contribution in [3.63, 3.8) is 0 Å². The van der Waals surface area contributed by atoms with Crippen LogP contribution in [0.25, 0.3) is 0 Å². The molecular weight excluding hydrogens is 864 g/mol. The number of ether oxygens (including phenoxy) is 6. The van der Waals surface area contributed by atoms with Gasteiger partial charge in [-0.1, -0.05) is 0 Å². The van der Waals surface area contributed by atoms with Crippen LogP contribution in [-0.2, 0) is 74.0 Å². The minimum atomic E-state index is -1.11. The number of carboxylic acid groups (broad SMARTS) is 1. The van der Waals surface area contributed by atoms with Crippen LogP contribution in [-0.4, -0.2) is 134 Å². The molecule has 0 saturated heterocycles. The standard InChI is InChI=1S/C43H51F2N5O15/c1-25(19-47-32(51)11-15-62-16-12-46-33(52)24-50-36(55)5-6-37(50)56)65-39(59)10-8-35(54)49-21-27-18-31(61-3)43(41(45)29(27)23-49)64-14-4-13-63-42-30(60-2)17-26-20-48(22-28(26)40(42)44)34(53)7-9-38(57)58/h5-6,17-18,25H,4,7-16,19-24H2,1-3H3,(H,46,52)(H,47,51)(H,57,58)/t25-/m0/s1. The van der Waals surface area contributed by atoms with Gasteiger partial charge in [-0.05, 0) is 30.2 Å². The van der Waals surface area contributed by atoms with E-state index >= 15 is 8.78 Å². The van der Waals surface area contributed by atoms with Crippen molar-refractivity contribution in [3.8, 4) is 23.0 Å². The largest absolute Gasteiger partial charge is 0.493 e. The highest BCUT2D eigenvalue weighted by molar-refractivity contribution is 6.14. The van der Waals surface area contributed by atoms with Gasteiger partial charge in [-0.25, -0.2) is 8.78 Å². The Labute approximate surface area is 372 Å². The third-order valence-electron chi connectivity index (χ3n) is 10.4. The first-order chi connectivity index (χ1) is 31.1. The van der Waals surface area contributed by atoms with Crippen LogP contribution in [0.2, 0.25) is 0 Å². The van der Waals surface area contributed by atoms with Crippen molar-refractivity contribution in [2.45, 2.75) is 77.7 Å². The van der Waals surface area contributed by atoms with E-state index in [9.17, 15) is 38.4 Å². The number of fused-ring (bicyclic) bond motifs is 2. The van der Waals surface area contributed by atoms with Crippen molar-refractivity contribution in [3.05, 3.63) is 58.2 Å². The second-order valence-electron chi connectivity index (χ2n) is 15.1. The van der Waals surface area contributed by atoms with E-state index in [0.717, 1.165) is 17.1 Å². The molecular formula is C43H51F2N5O15.